The molecule has 2 rings (SSSR count). The monoisotopic (exact) mass is 272 g/mol. The molecule has 0 aliphatic heterocycles. The van der Waals surface area contributed by atoms with Crippen LogP contribution in [0.2, 0.25) is 0 Å². The lowest BCUT2D eigenvalue weighted by Gasteiger charge is -2.05. The van der Waals surface area contributed by atoms with Gasteiger partial charge in [0, 0.05) is 18.3 Å². The average molecular weight is 272 g/mol. The smallest absolute Gasteiger partial charge is 0.252 e. The van der Waals surface area contributed by atoms with Gasteiger partial charge in [-0.05, 0) is 30.7 Å². The molecule has 20 heavy (non-hydrogen) atoms. The van der Waals surface area contributed by atoms with Crippen LogP contribution in [-0.4, -0.2) is 17.4 Å². The van der Waals surface area contributed by atoms with Crippen molar-refractivity contribution in [3.63, 3.8) is 0 Å². The predicted molar refractivity (Wildman–Crippen MR) is 76.9 cm³/mol. The third kappa shape index (κ3) is 3.63. The van der Waals surface area contributed by atoms with Crippen molar-refractivity contribution in [1.29, 1.82) is 0 Å². The summed E-state index contributed by atoms with van der Waals surface area (Å²) in [5.41, 5.74) is 1.86. The largest absolute Gasteiger partial charge is 0.352 e. The molecule has 0 fully saturated rings. The fourth-order valence-corrected chi connectivity index (χ4v) is 1.83. The minimum atomic E-state index is -0.300. The molecule has 0 saturated carbocycles. The van der Waals surface area contributed by atoms with E-state index in [1.807, 2.05) is 0 Å². The molecule has 1 heterocycles. The summed E-state index contributed by atoms with van der Waals surface area (Å²) in [5.74, 6) is -0.428. The van der Waals surface area contributed by atoms with Gasteiger partial charge >= 0.3 is 0 Å². The molecule has 0 aliphatic rings. The maximum absolute atomic E-state index is 13.1. The maximum Gasteiger partial charge on any atom is 0.252 e. The van der Waals surface area contributed by atoms with Crippen molar-refractivity contribution in [3.8, 4) is 11.3 Å². The van der Waals surface area contributed by atoms with Gasteiger partial charge < -0.3 is 5.32 Å². The molecule has 0 spiro atoms. The van der Waals surface area contributed by atoms with Gasteiger partial charge in [-0.3, -0.25) is 9.78 Å². The van der Waals surface area contributed by atoms with E-state index < -0.39 is 0 Å². The second-order valence-corrected chi connectivity index (χ2v) is 4.55. The van der Waals surface area contributed by atoms with E-state index in [2.05, 4.69) is 17.2 Å². The SMILES string of the molecule is CCCCNC(=O)c1ccc(-c2cccc(F)c2)nc1. The van der Waals surface area contributed by atoms with Crippen LogP contribution in [-0.2, 0) is 0 Å². The van der Waals surface area contributed by atoms with Crippen LogP contribution in [0.25, 0.3) is 11.3 Å². The molecule has 3 nitrogen and oxygen atoms in total. The van der Waals surface area contributed by atoms with Crippen molar-refractivity contribution in [2.24, 2.45) is 0 Å². The first-order valence-electron chi connectivity index (χ1n) is 6.71. The van der Waals surface area contributed by atoms with Gasteiger partial charge in [-0.25, -0.2) is 4.39 Å². The lowest BCUT2D eigenvalue weighted by molar-refractivity contribution is 0.0953. The minimum Gasteiger partial charge on any atom is -0.352 e. The summed E-state index contributed by atoms with van der Waals surface area (Å²) in [6.07, 6.45) is 3.51. The summed E-state index contributed by atoms with van der Waals surface area (Å²) in [5, 5.41) is 2.83. The van der Waals surface area contributed by atoms with E-state index in [0.717, 1.165) is 12.8 Å². The maximum atomic E-state index is 13.1. The van der Waals surface area contributed by atoms with Gasteiger partial charge in [-0.1, -0.05) is 25.5 Å². The van der Waals surface area contributed by atoms with Gasteiger partial charge in [0.05, 0.1) is 11.3 Å². The molecule has 1 N–H and O–H groups in total. The highest BCUT2D eigenvalue weighted by Gasteiger charge is 2.06. The number of amides is 1. The third-order valence-corrected chi connectivity index (χ3v) is 2.96. The highest BCUT2D eigenvalue weighted by atomic mass is 19.1. The summed E-state index contributed by atoms with van der Waals surface area (Å²) in [6, 6.07) is 9.66. The number of nitrogens with zero attached hydrogens (tertiary/aromatic N) is 1. The van der Waals surface area contributed by atoms with Crippen LogP contribution >= 0.6 is 0 Å². The highest BCUT2D eigenvalue weighted by molar-refractivity contribution is 5.94. The van der Waals surface area contributed by atoms with Gasteiger partial charge in [0.2, 0.25) is 0 Å². The van der Waals surface area contributed by atoms with Crippen LogP contribution < -0.4 is 5.32 Å². The summed E-state index contributed by atoms with van der Waals surface area (Å²) in [7, 11) is 0. The third-order valence-electron chi connectivity index (χ3n) is 2.96. The quantitative estimate of drug-likeness (QED) is 0.847. The zero-order chi connectivity index (χ0) is 14.4. The molecular weight excluding hydrogens is 255 g/mol. The molecule has 1 aromatic carbocycles. The fourth-order valence-electron chi connectivity index (χ4n) is 1.83. The van der Waals surface area contributed by atoms with Crippen LogP contribution in [0.1, 0.15) is 30.1 Å². The molecule has 0 bridgehead atoms. The number of hydrogen-bond donors (Lipinski definition) is 1. The number of halogens is 1. The summed E-state index contributed by atoms with van der Waals surface area (Å²) < 4.78 is 13.1. The van der Waals surface area contributed by atoms with E-state index in [0.29, 0.717) is 23.4 Å². The molecule has 1 amide bonds. The van der Waals surface area contributed by atoms with Crippen LogP contribution in [0.4, 0.5) is 4.39 Å². The minimum absolute atomic E-state index is 0.128. The summed E-state index contributed by atoms with van der Waals surface area (Å²) in [4.78, 5) is 16.0. The lowest BCUT2D eigenvalue weighted by Crippen LogP contribution is -2.24. The molecule has 0 atom stereocenters. The molecule has 2 aromatic rings. The van der Waals surface area contributed by atoms with Crippen LogP contribution in [0.5, 0.6) is 0 Å². The van der Waals surface area contributed by atoms with Crippen molar-refractivity contribution >= 4 is 5.91 Å². The van der Waals surface area contributed by atoms with Crippen molar-refractivity contribution in [3.05, 3.63) is 54.0 Å². The number of nitrogens with one attached hydrogen (secondary N) is 1. The first kappa shape index (κ1) is 14.2. The molecular formula is C16H17FN2O. The first-order chi connectivity index (χ1) is 9.70. The zero-order valence-electron chi connectivity index (χ0n) is 11.4. The Hall–Kier alpha value is -2.23. The average Bonchev–Trinajstić information content (AvgIpc) is 2.47. The molecule has 1 aromatic heterocycles. The Kier molecular flexibility index (Phi) is 4.82. The standard InChI is InChI=1S/C16H17FN2O/c1-2-3-9-18-16(20)13-7-8-15(19-11-13)12-5-4-6-14(17)10-12/h4-8,10-11H,2-3,9H2,1H3,(H,18,20). The molecule has 0 radical (unpaired) electrons. The second-order valence-electron chi connectivity index (χ2n) is 4.55. The van der Waals surface area contributed by atoms with E-state index in [1.165, 1.54) is 18.3 Å². The van der Waals surface area contributed by atoms with E-state index in [9.17, 15) is 9.18 Å². The van der Waals surface area contributed by atoms with Gasteiger partial charge in [-0.15, -0.1) is 0 Å². The number of carbonyl (C=O) groups excluding carboxylic acids is 1. The van der Waals surface area contributed by atoms with E-state index in [-0.39, 0.29) is 11.7 Å². The van der Waals surface area contributed by atoms with Crippen molar-refractivity contribution in [2.75, 3.05) is 6.54 Å². The molecule has 4 heteroatoms. The fraction of sp³-hybridized carbons (Fsp3) is 0.250. The van der Waals surface area contributed by atoms with Gasteiger partial charge in [0.15, 0.2) is 0 Å². The molecule has 0 unspecified atom stereocenters. The van der Waals surface area contributed by atoms with E-state index in [4.69, 9.17) is 0 Å². The number of carbonyl (C=O) groups is 1. The summed E-state index contributed by atoms with van der Waals surface area (Å²) >= 11 is 0. The number of hydrogen-bond acceptors (Lipinski definition) is 2. The number of unbranched alkanes of at least 4 members (excludes halogenated alkanes) is 1. The Morgan fingerprint density at radius 3 is 2.80 bits per heavy atom. The number of rotatable bonds is 5. The van der Waals surface area contributed by atoms with Crippen molar-refractivity contribution in [1.82, 2.24) is 10.3 Å². The second kappa shape index (κ2) is 6.80. The number of pyridine rings is 1. The Morgan fingerprint density at radius 2 is 2.15 bits per heavy atom. The topological polar surface area (TPSA) is 42.0 Å². The zero-order valence-corrected chi connectivity index (χ0v) is 11.4. The van der Waals surface area contributed by atoms with Gasteiger partial charge in [0.1, 0.15) is 5.82 Å². The normalized spacial score (nSPS) is 10.3. The molecule has 0 saturated heterocycles. The summed E-state index contributed by atoms with van der Waals surface area (Å²) in [6.45, 7) is 2.74. The van der Waals surface area contributed by atoms with Crippen molar-refractivity contribution < 1.29 is 9.18 Å². The molecule has 104 valence electrons. The highest BCUT2D eigenvalue weighted by Crippen LogP contribution is 2.17. The van der Waals surface area contributed by atoms with Crippen LogP contribution in [0.3, 0.4) is 0 Å². The van der Waals surface area contributed by atoms with Gasteiger partial charge in [0.25, 0.3) is 5.91 Å². The van der Waals surface area contributed by atoms with E-state index >= 15 is 0 Å². The number of aromatic nitrogens is 1. The molecule has 0 aliphatic carbocycles. The first-order valence-corrected chi connectivity index (χ1v) is 6.71. The van der Waals surface area contributed by atoms with Gasteiger partial charge in [-0.2, -0.15) is 0 Å². The number of benzene rings is 1. The van der Waals surface area contributed by atoms with Crippen LogP contribution in [0.15, 0.2) is 42.6 Å². The Morgan fingerprint density at radius 1 is 1.30 bits per heavy atom. The Bertz CT molecular complexity index is 581. The van der Waals surface area contributed by atoms with Crippen LogP contribution in [0, 0.1) is 5.82 Å². The Balaban J connectivity index is 2.08. The predicted octanol–water partition coefficient (Wildman–Crippen LogP) is 3.42. The van der Waals surface area contributed by atoms with E-state index in [1.54, 1.807) is 24.3 Å². The lowest BCUT2D eigenvalue weighted by atomic mass is 10.1. The van der Waals surface area contributed by atoms with Crippen molar-refractivity contribution in [2.45, 2.75) is 19.8 Å². The Labute approximate surface area is 117 Å².